The first-order chi connectivity index (χ1) is 19.7. The summed E-state index contributed by atoms with van der Waals surface area (Å²) in [5.41, 5.74) is 12.5. The average Bonchev–Trinajstić information content (AvgIpc) is 3.28. The van der Waals surface area contributed by atoms with E-state index in [2.05, 4.69) is 25.6 Å². The molecule has 0 aliphatic heterocycles. The molecule has 0 saturated heterocycles. The number of aromatic nitrogens is 8. The van der Waals surface area contributed by atoms with Crippen LogP contribution in [0.4, 0.5) is 14.6 Å². The van der Waals surface area contributed by atoms with E-state index in [1.807, 2.05) is 0 Å². The predicted molar refractivity (Wildman–Crippen MR) is 142 cm³/mol. The maximum atomic E-state index is 15.3. The summed E-state index contributed by atoms with van der Waals surface area (Å²) < 4.78 is 33.2. The molecule has 0 bridgehead atoms. The highest BCUT2D eigenvalue weighted by Crippen LogP contribution is 2.45. The normalized spacial score (nSPS) is 17.0. The average molecular weight is 579 g/mol. The summed E-state index contributed by atoms with van der Waals surface area (Å²) in [6.07, 6.45) is 6.49. The summed E-state index contributed by atoms with van der Waals surface area (Å²) in [5, 5.41) is 28.8. The van der Waals surface area contributed by atoms with E-state index in [4.69, 9.17) is 23.1 Å². The lowest BCUT2D eigenvalue weighted by molar-refractivity contribution is -0.615. The zero-order valence-electron chi connectivity index (χ0n) is 21.1. The maximum absolute atomic E-state index is 15.3. The molecule has 0 unspecified atom stereocenters. The van der Waals surface area contributed by atoms with Gasteiger partial charge in [0.1, 0.15) is 18.2 Å². The van der Waals surface area contributed by atoms with Crippen LogP contribution in [0.5, 0.6) is 0 Å². The first-order valence-corrected chi connectivity index (χ1v) is 12.8. The van der Waals surface area contributed by atoms with Crippen LogP contribution >= 0.6 is 11.6 Å². The number of carbonyl (C=O) groups is 1. The van der Waals surface area contributed by atoms with Gasteiger partial charge in [0.2, 0.25) is 17.5 Å². The van der Waals surface area contributed by atoms with Crippen molar-refractivity contribution in [1.29, 1.82) is 0 Å². The van der Waals surface area contributed by atoms with Crippen molar-refractivity contribution in [1.82, 2.24) is 35.0 Å². The van der Waals surface area contributed by atoms with Crippen LogP contribution in [0, 0.1) is 28.8 Å². The third-order valence-electron chi connectivity index (χ3n) is 7.16. The van der Waals surface area contributed by atoms with Crippen molar-refractivity contribution in [3.63, 3.8) is 0 Å². The van der Waals surface area contributed by atoms with Crippen LogP contribution in [0.3, 0.4) is 0 Å². The fraction of sp³-hybridized carbons (Fsp3) is 0.192. The summed E-state index contributed by atoms with van der Waals surface area (Å²) in [5.74, 6) is -2.28. The minimum atomic E-state index is -0.762. The number of halogens is 3. The van der Waals surface area contributed by atoms with E-state index in [0.717, 1.165) is 0 Å². The molecule has 4 aromatic heterocycles. The van der Waals surface area contributed by atoms with Gasteiger partial charge in [0.05, 0.1) is 28.0 Å². The zero-order valence-corrected chi connectivity index (χ0v) is 21.9. The molecule has 0 radical (unpaired) electrons. The van der Waals surface area contributed by atoms with Crippen LogP contribution in [0.15, 0.2) is 61.3 Å². The quantitative estimate of drug-likeness (QED) is 0.161. The summed E-state index contributed by atoms with van der Waals surface area (Å²) in [7, 11) is 0. The number of nitrogens with two attached hydrogens (primary N) is 2. The van der Waals surface area contributed by atoms with Gasteiger partial charge in [0, 0.05) is 29.3 Å². The highest BCUT2D eigenvalue weighted by atomic mass is 35.5. The molecule has 1 saturated carbocycles. The first-order valence-electron chi connectivity index (χ1n) is 12.4. The topological polar surface area (TPSA) is 170 Å². The zero-order chi connectivity index (χ0) is 28.8. The number of hydrogen-bond acceptors (Lipinski definition) is 8. The molecule has 5 aromatic rings. The molecule has 1 amide bonds. The van der Waals surface area contributed by atoms with Crippen molar-refractivity contribution in [2.45, 2.75) is 18.9 Å². The number of hydrogen-bond donors (Lipinski definition) is 2. The Hall–Kier alpha value is -4.98. The monoisotopic (exact) mass is 578 g/mol. The second-order valence-electron chi connectivity index (χ2n) is 9.72. The van der Waals surface area contributed by atoms with Gasteiger partial charge < -0.3 is 16.7 Å². The Morgan fingerprint density at radius 2 is 2.02 bits per heavy atom. The minimum Gasteiger partial charge on any atom is -0.618 e. The van der Waals surface area contributed by atoms with E-state index in [0.29, 0.717) is 23.1 Å². The lowest BCUT2D eigenvalue weighted by Gasteiger charge is -2.18. The lowest BCUT2D eigenvalue weighted by atomic mass is 10.0. The van der Waals surface area contributed by atoms with E-state index in [9.17, 15) is 14.4 Å². The molecule has 208 valence electrons. The van der Waals surface area contributed by atoms with Crippen LogP contribution in [0.25, 0.3) is 27.9 Å². The summed E-state index contributed by atoms with van der Waals surface area (Å²) in [4.78, 5) is 15.4. The predicted octanol–water partition coefficient (Wildman–Crippen LogP) is 2.84. The number of primary amides is 1. The molecule has 15 heteroatoms. The Morgan fingerprint density at radius 3 is 2.71 bits per heavy atom. The molecule has 6 rings (SSSR count). The van der Waals surface area contributed by atoms with Crippen LogP contribution in [-0.4, -0.2) is 40.9 Å². The fourth-order valence-electron chi connectivity index (χ4n) is 4.99. The molecule has 41 heavy (non-hydrogen) atoms. The highest BCUT2D eigenvalue weighted by molar-refractivity contribution is 6.31. The molecule has 12 nitrogen and oxygen atoms in total. The van der Waals surface area contributed by atoms with Crippen molar-refractivity contribution in [3.8, 4) is 27.9 Å². The third-order valence-corrected chi connectivity index (χ3v) is 7.45. The summed E-state index contributed by atoms with van der Waals surface area (Å²) >= 11 is 6.07. The number of pyridine rings is 2. The van der Waals surface area contributed by atoms with Crippen LogP contribution in [0.1, 0.15) is 24.6 Å². The van der Waals surface area contributed by atoms with Gasteiger partial charge in [-0.1, -0.05) is 11.6 Å². The van der Waals surface area contributed by atoms with Crippen molar-refractivity contribution in [2.24, 2.45) is 17.6 Å². The second kappa shape index (κ2) is 10.2. The number of nitrogens with zero attached hydrogens (tertiary/aromatic N) is 8. The Balaban J connectivity index is 1.41. The molecular formula is C26H21ClF2N10O2. The molecule has 3 atom stereocenters. The number of nitrogen functional groups attached to an aromatic ring is 1. The van der Waals surface area contributed by atoms with E-state index in [-0.39, 0.29) is 50.7 Å². The van der Waals surface area contributed by atoms with Gasteiger partial charge in [-0.05, 0) is 59.5 Å². The van der Waals surface area contributed by atoms with Crippen molar-refractivity contribution < 1.29 is 18.3 Å². The summed E-state index contributed by atoms with van der Waals surface area (Å²) in [6, 6.07) is 8.33. The first kappa shape index (κ1) is 26.3. The largest absolute Gasteiger partial charge is 0.618 e. The van der Waals surface area contributed by atoms with Crippen molar-refractivity contribution >= 4 is 23.3 Å². The van der Waals surface area contributed by atoms with E-state index < -0.39 is 23.7 Å². The van der Waals surface area contributed by atoms with Gasteiger partial charge in [-0.15, -0.1) is 5.10 Å². The summed E-state index contributed by atoms with van der Waals surface area (Å²) in [6.45, 7) is 0. The standard InChI is InChI=1S/C26H21ClF2N10O2/c27-18-3-5-20(38-12-32-35-36-38)23(24(18)28)13-1-4-19(39(41)11-13)21(8-14-7-17(14)26(31)40)37-10-15(9-33-37)16-2-6-22(30)34-25(16)29/h1-6,9-12,14,17,21H,7-8H2,(H2,30,34)(H2,31,40)/t14-,17-,21+/m1/s1. The number of anilines is 1. The number of carbonyl (C=O) groups excluding carboxylic acids is 1. The molecule has 1 aromatic carbocycles. The second-order valence-corrected chi connectivity index (χ2v) is 10.1. The number of benzene rings is 1. The fourth-order valence-corrected chi connectivity index (χ4v) is 5.15. The van der Waals surface area contributed by atoms with Gasteiger partial charge in [-0.3, -0.25) is 9.48 Å². The van der Waals surface area contributed by atoms with E-state index in [1.165, 1.54) is 52.4 Å². The molecule has 0 spiro atoms. The Bertz CT molecular complexity index is 1780. The number of tetrazole rings is 1. The maximum Gasteiger partial charge on any atom is 0.222 e. The molecule has 4 heterocycles. The molecular weight excluding hydrogens is 558 g/mol. The lowest BCUT2D eigenvalue weighted by Crippen LogP contribution is -2.36. The van der Waals surface area contributed by atoms with Crippen LogP contribution in [-0.2, 0) is 4.79 Å². The van der Waals surface area contributed by atoms with Gasteiger partial charge in [0.25, 0.3) is 0 Å². The Morgan fingerprint density at radius 1 is 1.20 bits per heavy atom. The number of amides is 1. The van der Waals surface area contributed by atoms with Crippen molar-refractivity contribution in [2.75, 3.05) is 5.73 Å². The Kier molecular flexibility index (Phi) is 6.53. The van der Waals surface area contributed by atoms with Crippen LogP contribution in [0.2, 0.25) is 5.02 Å². The van der Waals surface area contributed by atoms with Gasteiger partial charge >= 0.3 is 0 Å². The minimum absolute atomic E-state index is 0.0289. The Labute approximate surface area is 235 Å². The van der Waals surface area contributed by atoms with Crippen LogP contribution < -0.4 is 16.2 Å². The van der Waals surface area contributed by atoms with E-state index >= 15 is 4.39 Å². The van der Waals surface area contributed by atoms with Crippen molar-refractivity contribution in [3.05, 3.63) is 89.0 Å². The molecule has 1 fully saturated rings. The molecule has 4 N–H and O–H groups in total. The number of rotatable bonds is 8. The highest BCUT2D eigenvalue weighted by Gasteiger charge is 2.44. The van der Waals surface area contributed by atoms with Gasteiger partial charge in [0.15, 0.2) is 12.0 Å². The smallest absolute Gasteiger partial charge is 0.222 e. The van der Waals surface area contributed by atoms with E-state index in [1.54, 1.807) is 18.3 Å². The van der Waals surface area contributed by atoms with Gasteiger partial charge in [-0.2, -0.15) is 18.9 Å². The third kappa shape index (κ3) is 4.93. The molecule has 1 aliphatic rings. The SMILES string of the molecule is NC(=O)[C@@H]1C[C@@H]1C[C@@H](c1ccc(-c2c(-n3cnnn3)ccc(Cl)c2F)c[n+]1[O-])n1cc(-c2ccc(N)nc2F)cn1. The molecule has 1 aliphatic carbocycles. The van der Waals surface area contributed by atoms with Gasteiger partial charge in [-0.25, -0.2) is 9.37 Å².